The molecular weight excluding hydrogens is 267 g/mol. The number of fused-ring (bicyclic) bond motifs is 1. The standard InChI is InChI=1S/C17H17FN2O/c1-11(2)15-8-12-5-6-14(9-16(12)20-15)21-10-13-4-3-7-19-17(13)18/h3-9,11,20H,10H2,1-2H3. The van der Waals surface area contributed by atoms with Gasteiger partial charge in [-0.1, -0.05) is 13.8 Å². The van der Waals surface area contributed by atoms with Crippen LogP contribution in [0.5, 0.6) is 5.75 Å². The lowest BCUT2D eigenvalue weighted by Crippen LogP contribution is -1.99. The van der Waals surface area contributed by atoms with Crippen LogP contribution in [0.1, 0.15) is 31.0 Å². The maximum atomic E-state index is 13.4. The summed E-state index contributed by atoms with van der Waals surface area (Å²) in [4.78, 5) is 6.99. The lowest BCUT2D eigenvalue weighted by Gasteiger charge is -2.06. The molecule has 0 radical (unpaired) electrons. The second-order valence-corrected chi connectivity index (χ2v) is 5.37. The van der Waals surface area contributed by atoms with Gasteiger partial charge in [-0.05, 0) is 41.6 Å². The van der Waals surface area contributed by atoms with Crippen molar-refractivity contribution in [2.75, 3.05) is 0 Å². The van der Waals surface area contributed by atoms with Gasteiger partial charge < -0.3 is 9.72 Å². The molecule has 3 nitrogen and oxygen atoms in total. The number of rotatable bonds is 4. The van der Waals surface area contributed by atoms with Crippen LogP contribution < -0.4 is 4.74 Å². The molecule has 3 rings (SSSR count). The van der Waals surface area contributed by atoms with E-state index in [0.29, 0.717) is 17.2 Å². The molecule has 0 saturated heterocycles. The van der Waals surface area contributed by atoms with Gasteiger partial charge in [0.25, 0.3) is 0 Å². The second kappa shape index (κ2) is 5.56. The molecule has 1 aromatic carbocycles. The highest BCUT2D eigenvalue weighted by molar-refractivity contribution is 5.82. The van der Waals surface area contributed by atoms with Crippen molar-refractivity contribution in [2.24, 2.45) is 0 Å². The zero-order chi connectivity index (χ0) is 14.8. The lowest BCUT2D eigenvalue weighted by molar-refractivity contribution is 0.298. The molecule has 0 amide bonds. The minimum absolute atomic E-state index is 0.170. The number of nitrogens with one attached hydrogen (secondary N) is 1. The van der Waals surface area contributed by atoms with Gasteiger partial charge in [0.2, 0.25) is 5.95 Å². The van der Waals surface area contributed by atoms with E-state index >= 15 is 0 Å². The van der Waals surface area contributed by atoms with Crippen LogP contribution in [0.2, 0.25) is 0 Å². The van der Waals surface area contributed by atoms with Crippen molar-refractivity contribution < 1.29 is 9.13 Å². The van der Waals surface area contributed by atoms with Gasteiger partial charge >= 0.3 is 0 Å². The molecule has 0 unspecified atom stereocenters. The molecular formula is C17H17FN2O. The number of H-pyrrole nitrogens is 1. The van der Waals surface area contributed by atoms with E-state index in [-0.39, 0.29) is 6.61 Å². The third-order valence-electron chi connectivity index (χ3n) is 3.47. The van der Waals surface area contributed by atoms with Crippen LogP contribution in [0.25, 0.3) is 10.9 Å². The lowest BCUT2D eigenvalue weighted by atomic mass is 10.1. The van der Waals surface area contributed by atoms with Gasteiger partial charge in [0.1, 0.15) is 12.4 Å². The average molecular weight is 284 g/mol. The summed E-state index contributed by atoms with van der Waals surface area (Å²) in [6.45, 7) is 4.46. The molecule has 3 aromatic rings. The Morgan fingerprint density at radius 2 is 2.10 bits per heavy atom. The van der Waals surface area contributed by atoms with Crippen LogP contribution in [0.4, 0.5) is 4.39 Å². The highest BCUT2D eigenvalue weighted by Crippen LogP contribution is 2.25. The van der Waals surface area contributed by atoms with Crippen LogP contribution in [0, 0.1) is 5.95 Å². The summed E-state index contributed by atoms with van der Waals surface area (Å²) in [6.07, 6.45) is 1.43. The normalized spacial score (nSPS) is 11.2. The summed E-state index contributed by atoms with van der Waals surface area (Å²) < 4.78 is 19.1. The minimum atomic E-state index is -0.486. The Labute approximate surface area is 122 Å². The van der Waals surface area contributed by atoms with Crippen molar-refractivity contribution in [1.29, 1.82) is 0 Å². The molecule has 2 aromatic heterocycles. The first kappa shape index (κ1) is 13.6. The van der Waals surface area contributed by atoms with Crippen molar-refractivity contribution in [3.8, 4) is 5.75 Å². The fourth-order valence-electron chi connectivity index (χ4n) is 2.22. The van der Waals surface area contributed by atoms with Crippen LogP contribution in [0.3, 0.4) is 0 Å². The smallest absolute Gasteiger partial charge is 0.219 e. The Hall–Kier alpha value is -2.36. The van der Waals surface area contributed by atoms with E-state index in [9.17, 15) is 4.39 Å². The monoisotopic (exact) mass is 284 g/mol. The minimum Gasteiger partial charge on any atom is -0.489 e. The van der Waals surface area contributed by atoms with Crippen molar-refractivity contribution >= 4 is 10.9 Å². The van der Waals surface area contributed by atoms with Gasteiger partial charge in [-0.15, -0.1) is 0 Å². The number of hydrogen-bond donors (Lipinski definition) is 1. The maximum absolute atomic E-state index is 13.4. The first-order chi connectivity index (χ1) is 10.1. The molecule has 108 valence electrons. The summed E-state index contributed by atoms with van der Waals surface area (Å²) in [5, 5.41) is 1.15. The van der Waals surface area contributed by atoms with E-state index < -0.39 is 5.95 Å². The predicted molar refractivity (Wildman–Crippen MR) is 80.9 cm³/mol. The molecule has 0 bridgehead atoms. The van der Waals surface area contributed by atoms with E-state index in [1.165, 1.54) is 11.9 Å². The number of benzene rings is 1. The Morgan fingerprint density at radius 3 is 2.86 bits per heavy atom. The molecule has 0 aliphatic carbocycles. The summed E-state index contributed by atoms with van der Waals surface area (Å²) in [7, 11) is 0. The molecule has 0 aliphatic heterocycles. The Kier molecular flexibility index (Phi) is 3.60. The van der Waals surface area contributed by atoms with Crippen molar-refractivity contribution in [3.05, 3.63) is 59.8 Å². The van der Waals surface area contributed by atoms with Crippen LogP contribution in [0.15, 0.2) is 42.6 Å². The zero-order valence-corrected chi connectivity index (χ0v) is 12.1. The Morgan fingerprint density at radius 1 is 1.24 bits per heavy atom. The molecule has 2 heterocycles. The van der Waals surface area contributed by atoms with Gasteiger partial charge in [0.15, 0.2) is 0 Å². The summed E-state index contributed by atoms with van der Waals surface area (Å²) in [5.74, 6) is 0.676. The van der Waals surface area contributed by atoms with Crippen molar-refractivity contribution in [3.63, 3.8) is 0 Å². The van der Waals surface area contributed by atoms with Crippen LogP contribution >= 0.6 is 0 Å². The van der Waals surface area contributed by atoms with E-state index in [2.05, 4.69) is 29.9 Å². The second-order valence-electron chi connectivity index (χ2n) is 5.37. The van der Waals surface area contributed by atoms with E-state index in [1.54, 1.807) is 12.1 Å². The number of aromatic amines is 1. The molecule has 1 N–H and O–H groups in total. The third-order valence-corrected chi connectivity index (χ3v) is 3.47. The number of hydrogen-bond acceptors (Lipinski definition) is 2. The summed E-state index contributed by atoms with van der Waals surface area (Å²) >= 11 is 0. The first-order valence-electron chi connectivity index (χ1n) is 6.98. The molecule has 4 heteroatoms. The van der Waals surface area contributed by atoms with E-state index in [4.69, 9.17) is 4.74 Å². The quantitative estimate of drug-likeness (QED) is 0.721. The van der Waals surface area contributed by atoms with E-state index in [0.717, 1.165) is 10.9 Å². The van der Waals surface area contributed by atoms with Crippen LogP contribution in [-0.4, -0.2) is 9.97 Å². The average Bonchev–Trinajstić information content (AvgIpc) is 2.90. The van der Waals surface area contributed by atoms with Crippen molar-refractivity contribution in [2.45, 2.75) is 26.4 Å². The Bertz CT molecular complexity index is 764. The van der Waals surface area contributed by atoms with Gasteiger partial charge in [0.05, 0.1) is 0 Å². The summed E-state index contributed by atoms with van der Waals surface area (Å²) in [5.41, 5.74) is 2.68. The largest absolute Gasteiger partial charge is 0.489 e. The number of pyridine rings is 1. The fraction of sp³-hybridized carbons (Fsp3) is 0.235. The topological polar surface area (TPSA) is 37.9 Å². The van der Waals surface area contributed by atoms with Gasteiger partial charge in [-0.25, -0.2) is 4.98 Å². The number of nitrogens with zero attached hydrogens (tertiary/aromatic N) is 1. The third kappa shape index (κ3) is 2.89. The van der Waals surface area contributed by atoms with Gasteiger partial charge in [-0.2, -0.15) is 4.39 Å². The molecule has 0 spiro atoms. The Balaban J connectivity index is 1.80. The fourth-order valence-corrected chi connectivity index (χ4v) is 2.22. The summed E-state index contributed by atoms with van der Waals surface area (Å²) in [6, 6.07) is 11.4. The number of aromatic nitrogens is 2. The maximum Gasteiger partial charge on any atom is 0.219 e. The first-order valence-corrected chi connectivity index (χ1v) is 6.98. The number of halogens is 1. The van der Waals surface area contributed by atoms with Gasteiger partial charge in [-0.3, -0.25) is 0 Å². The highest BCUT2D eigenvalue weighted by atomic mass is 19.1. The molecule has 21 heavy (non-hydrogen) atoms. The van der Waals surface area contributed by atoms with Gasteiger partial charge in [0, 0.05) is 29.0 Å². The van der Waals surface area contributed by atoms with Crippen LogP contribution in [-0.2, 0) is 6.61 Å². The molecule has 0 fully saturated rings. The predicted octanol–water partition coefficient (Wildman–Crippen LogP) is 4.40. The molecule has 0 atom stereocenters. The SMILES string of the molecule is CC(C)c1cc2ccc(OCc3cccnc3F)cc2[nH]1. The number of ether oxygens (including phenoxy) is 1. The zero-order valence-electron chi connectivity index (χ0n) is 12.1. The molecule has 0 saturated carbocycles. The van der Waals surface area contributed by atoms with Crippen molar-refractivity contribution in [1.82, 2.24) is 9.97 Å². The molecule has 0 aliphatic rings. The van der Waals surface area contributed by atoms with E-state index in [1.807, 2.05) is 18.2 Å². The highest BCUT2D eigenvalue weighted by Gasteiger charge is 2.07.